The number of anilines is 1. The summed E-state index contributed by atoms with van der Waals surface area (Å²) < 4.78 is 26.2. The van der Waals surface area contributed by atoms with E-state index in [1.807, 2.05) is 32.0 Å². The van der Waals surface area contributed by atoms with Crippen molar-refractivity contribution >= 4 is 37.5 Å². The van der Waals surface area contributed by atoms with Crippen LogP contribution in [-0.2, 0) is 10.0 Å². The second-order valence-corrected chi connectivity index (χ2v) is 8.74. The van der Waals surface area contributed by atoms with E-state index in [2.05, 4.69) is 21.2 Å². The van der Waals surface area contributed by atoms with Crippen LogP contribution < -0.4 is 5.32 Å². The number of sulfonamides is 1. The monoisotopic (exact) mass is 410 g/mol. The summed E-state index contributed by atoms with van der Waals surface area (Å²) >= 11 is 3.23. The van der Waals surface area contributed by atoms with E-state index < -0.39 is 10.0 Å². The van der Waals surface area contributed by atoms with Gasteiger partial charge in [0.15, 0.2) is 0 Å². The van der Waals surface area contributed by atoms with Gasteiger partial charge < -0.3 is 5.32 Å². The Kier molecular flexibility index (Phi) is 5.47. The third kappa shape index (κ3) is 4.03. The number of amides is 1. The van der Waals surface area contributed by atoms with Crippen LogP contribution >= 0.6 is 15.9 Å². The Morgan fingerprint density at radius 2 is 1.62 bits per heavy atom. The fourth-order valence-electron chi connectivity index (χ4n) is 2.29. The predicted octanol–water partition coefficient (Wildman–Crippen LogP) is 3.57. The molecule has 0 aliphatic rings. The minimum atomic E-state index is -3.64. The highest BCUT2D eigenvalue weighted by Gasteiger charge is 2.22. The highest BCUT2D eigenvalue weighted by molar-refractivity contribution is 9.10. The summed E-state index contributed by atoms with van der Waals surface area (Å²) in [6.45, 7) is 3.90. The zero-order chi connectivity index (χ0) is 18.1. The lowest BCUT2D eigenvalue weighted by atomic mass is 10.1. The number of halogens is 1. The molecule has 0 unspecified atom stereocenters. The Labute approximate surface area is 150 Å². The lowest BCUT2D eigenvalue weighted by molar-refractivity contribution is 0.102. The quantitative estimate of drug-likeness (QED) is 0.837. The molecule has 0 aromatic heterocycles. The zero-order valence-electron chi connectivity index (χ0n) is 13.9. The van der Waals surface area contributed by atoms with E-state index in [-0.39, 0.29) is 16.4 Å². The van der Waals surface area contributed by atoms with Crippen molar-refractivity contribution in [3.05, 3.63) is 57.6 Å². The molecule has 2 rings (SSSR count). The Hall–Kier alpha value is -1.70. The van der Waals surface area contributed by atoms with Gasteiger partial charge in [0.25, 0.3) is 5.91 Å². The van der Waals surface area contributed by atoms with Crippen molar-refractivity contribution in [2.75, 3.05) is 19.4 Å². The van der Waals surface area contributed by atoms with E-state index in [0.717, 1.165) is 15.4 Å². The lowest BCUT2D eigenvalue weighted by Gasteiger charge is -2.14. The number of nitrogens with zero attached hydrogens (tertiary/aromatic N) is 1. The van der Waals surface area contributed by atoms with Crippen LogP contribution in [0.2, 0.25) is 0 Å². The second-order valence-electron chi connectivity index (χ2n) is 5.76. The van der Waals surface area contributed by atoms with Gasteiger partial charge in [-0.25, -0.2) is 12.7 Å². The van der Waals surface area contributed by atoms with Crippen molar-refractivity contribution in [3.8, 4) is 0 Å². The molecule has 1 amide bonds. The van der Waals surface area contributed by atoms with Gasteiger partial charge in [0.2, 0.25) is 10.0 Å². The van der Waals surface area contributed by atoms with Crippen molar-refractivity contribution in [1.82, 2.24) is 4.31 Å². The minimum Gasteiger partial charge on any atom is -0.322 e. The molecule has 0 heterocycles. The summed E-state index contributed by atoms with van der Waals surface area (Å²) in [6, 6.07) is 10.3. The van der Waals surface area contributed by atoms with Crippen LogP contribution in [0.4, 0.5) is 5.69 Å². The first-order valence-electron chi connectivity index (χ1n) is 7.23. The molecule has 0 saturated carbocycles. The van der Waals surface area contributed by atoms with Crippen LogP contribution in [0.3, 0.4) is 0 Å². The molecule has 5 nitrogen and oxygen atoms in total. The van der Waals surface area contributed by atoms with E-state index in [4.69, 9.17) is 0 Å². The maximum absolute atomic E-state index is 12.5. The highest BCUT2D eigenvalue weighted by atomic mass is 79.9. The maximum atomic E-state index is 12.5. The average molecular weight is 411 g/mol. The average Bonchev–Trinajstić information content (AvgIpc) is 2.46. The topological polar surface area (TPSA) is 66.5 Å². The molecule has 0 spiro atoms. The normalized spacial score (nSPS) is 11.6. The third-order valence-electron chi connectivity index (χ3n) is 3.43. The first kappa shape index (κ1) is 18.6. The van der Waals surface area contributed by atoms with Crippen LogP contribution in [0.15, 0.2) is 45.8 Å². The number of rotatable bonds is 4. The fraction of sp³-hybridized carbons (Fsp3) is 0.235. The van der Waals surface area contributed by atoms with Crippen molar-refractivity contribution in [2.24, 2.45) is 0 Å². The van der Waals surface area contributed by atoms with Crippen LogP contribution in [0.1, 0.15) is 21.5 Å². The molecule has 0 aliphatic heterocycles. The van der Waals surface area contributed by atoms with Gasteiger partial charge in [0.05, 0.1) is 4.90 Å². The van der Waals surface area contributed by atoms with Gasteiger partial charge in [-0.1, -0.05) is 6.07 Å². The van der Waals surface area contributed by atoms with Crippen LogP contribution in [0, 0.1) is 13.8 Å². The molecule has 1 N–H and O–H groups in total. The van der Waals surface area contributed by atoms with Gasteiger partial charge in [0, 0.05) is 29.8 Å². The van der Waals surface area contributed by atoms with E-state index in [9.17, 15) is 13.2 Å². The Morgan fingerprint density at radius 1 is 1.04 bits per heavy atom. The predicted molar refractivity (Wildman–Crippen MR) is 98.9 cm³/mol. The molecular formula is C17H19BrN2O3S. The minimum absolute atomic E-state index is 0.0561. The number of benzene rings is 2. The summed E-state index contributed by atoms with van der Waals surface area (Å²) in [5.41, 5.74) is 3.03. The molecule has 7 heteroatoms. The summed E-state index contributed by atoms with van der Waals surface area (Å²) in [5.74, 6) is -0.359. The summed E-state index contributed by atoms with van der Waals surface area (Å²) in [5, 5.41) is 2.80. The number of carbonyl (C=O) groups excluding carboxylic acids is 1. The van der Waals surface area contributed by atoms with Crippen LogP contribution in [0.5, 0.6) is 0 Å². The van der Waals surface area contributed by atoms with Crippen molar-refractivity contribution < 1.29 is 13.2 Å². The van der Waals surface area contributed by atoms with Gasteiger partial charge in [-0.3, -0.25) is 4.79 Å². The summed E-state index contributed by atoms with van der Waals surface area (Å²) in [7, 11) is -0.747. The first-order chi connectivity index (χ1) is 11.1. The molecule has 128 valence electrons. The summed E-state index contributed by atoms with van der Waals surface area (Å²) in [6.07, 6.45) is 0. The smallest absolute Gasteiger partial charge is 0.255 e. The number of aryl methyl sites for hydroxylation is 2. The van der Waals surface area contributed by atoms with E-state index in [0.29, 0.717) is 10.2 Å². The van der Waals surface area contributed by atoms with Crippen LogP contribution in [0.25, 0.3) is 0 Å². The molecule has 0 fully saturated rings. The van der Waals surface area contributed by atoms with Crippen molar-refractivity contribution in [2.45, 2.75) is 18.7 Å². The van der Waals surface area contributed by atoms with E-state index in [1.54, 1.807) is 12.1 Å². The molecule has 0 saturated heterocycles. The van der Waals surface area contributed by atoms with Gasteiger partial charge in [-0.15, -0.1) is 0 Å². The Balaban J connectivity index is 2.37. The number of nitrogens with one attached hydrogen (secondary N) is 1. The van der Waals surface area contributed by atoms with Crippen LogP contribution in [-0.4, -0.2) is 32.7 Å². The largest absolute Gasteiger partial charge is 0.322 e. The maximum Gasteiger partial charge on any atom is 0.255 e. The van der Waals surface area contributed by atoms with Crippen molar-refractivity contribution in [1.29, 1.82) is 0 Å². The summed E-state index contributed by atoms with van der Waals surface area (Å²) in [4.78, 5) is 12.5. The molecule has 2 aromatic rings. The number of hydrogen-bond donors (Lipinski definition) is 1. The lowest BCUT2D eigenvalue weighted by Crippen LogP contribution is -2.23. The second kappa shape index (κ2) is 7.04. The van der Waals surface area contributed by atoms with Gasteiger partial charge in [-0.2, -0.15) is 0 Å². The van der Waals surface area contributed by atoms with Gasteiger partial charge in [0.1, 0.15) is 0 Å². The first-order valence-corrected chi connectivity index (χ1v) is 9.46. The Bertz CT molecular complexity index is 872. The van der Waals surface area contributed by atoms with Crippen molar-refractivity contribution in [3.63, 3.8) is 0 Å². The molecular weight excluding hydrogens is 392 g/mol. The molecule has 0 bridgehead atoms. The zero-order valence-corrected chi connectivity index (χ0v) is 16.3. The molecule has 0 atom stereocenters. The Morgan fingerprint density at radius 3 is 2.17 bits per heavy atom. The van der Waals surface area contributed by atoms with E-state index in [1.165, 1.54) is 20.2 Å². The molecule has 0 aliphatic carbocycles. The third-order valence-corrected chi connectivity index (χ3v) is 6.24. The standard InChI is InChI=1S/C17H19BrN2O3S/c1-11-7-12(2)9-14(8-11)19-17(21)13-5-6-15(18)16(10-13)24(22,23)20(3)4/h5-10H,1-4H3,(H,19,21). The van der Waals surface area contributed by atoms with Gasteiger partial charge in [-0.05, 0) is 71.2 Å². The molecule has 24 heavy (non-hydrogen) atoms. The van der Waals surface area contributed by atoms with Gasteiger partial charge >= 0.3 is 0 Å². The number of carbonyl (C=O) groups is 1. The molecule has 2 aromatic carbocycles. The van der Waals surface area contributed by atoms with E-state index >= 15 is 0 Å². The number of hydrogen-bond acceptors (Lipinski definition) is 3. The highest BCUT2D eigenvalue weighted by Crippen LogP contribution is 2.26. The fourth-order valence-corrected chi connectivity index (χ4v) is 4.13. The molecule has 0 radical (unpaired) electrons. The SMILES string of the molecule is Cc1cc(C)cc(NC(=O)c2ccc(Br)c(S(=O)(=O)N(C)C)c2)c1.